The molecule has 0 saturated carbocycles. The fourth-order valence-electron chi connectivity index (χ4n) is 2.35. The Bertz CT molecular complexity index is 555. The van der Waals surface area contributed by atoms with E-state index in [1.165, 1.54) is 6.07 Å². The molecule has 0 spiro atoms. The first-order chi connectivity index (χ1) is 9.83. The molecule has 5 nitrogen and oxygen atoms in total. The third kappa shape index (κ3) is 2.91. The number of hydrogen-bond donors (Lipinski definition) is 0. The van der Waals surface area contributed by atoms with Gasteiger partial charge >= 0.3 is 0 Å². The molecule has 2 aromatic heterocycles. The van der Waals surface area contributed by atoms with Crippen molar-refractivity contribution < 1.29 is 4.39 Å². The number of hydrogen-bond acceptors (Lipinski definition) is 5. The molecule has 2 aromatic rings. The van der Waals surface area contributed by atoms with Crippen molar-refractivity contribution in [2.45, 2.75) is 6.54 Å². The summed E-state index contributed by atoms with van der Waals surface area (Å²) in [6, 6.07) is 4.99. The summed E-state index contributed by atoms with van der Waals surface area (Å²) in [4.78, 5) is 16.7. The van der Waals surface area contributed by atoms with Gasteiger partial charge in [-0.05, 0) is 18.2 Å². The highest BCUT2D eigenvalue weighted by molar-refractivity contribution is 5.36. The third-order valence-corrected chi connectivity index (χ3v) is 3.47. The first kappa shape index (κ1) is 12.9. The zero-order chi connectivity index (χ0) is 13.8. The molecule has 1 saturated heterocycles. The Labute approximate surface area is 117 Å². The van der Waals surface area contributed by atoms with Gasteiger partial charge in [-0.25, -0.2) is 14.4 Å². The van der Waals surface area contributed by atoms with Gasteiger partial charge in [0.1, 0.15) is 18.0 Å². The van der Waals surface area contributed by atoms with Gasteiger partial charge in [0.05, 0.1) is 5.69 Å². The minimum Gasteiger partial charge on any atom is -0.354 e. The molecule has 1 aliphatic rings. The van der Waals surface area contributed by atoms with Crippen LogP contribution in [0.15, 0.2) is 36.9 Å². The molecule has 0 aromatic carbocycles. The van der Waals surface area contributed by atoms with Gasteiger partial charge in [-0.1, -0.05) is 0 Å². The van der Waals surface area contributed by atoms with Crippen molar-refractivity contribution in [2.24, 2.45) is 0 Å². The van der Waals surface area contributed by atoms with Gasteiger partial charge in [-0.3, -0.25) is 9.88 Å². The number of nitrogens with zero attached hydrogens (tertiary/aromatic N) is 5. The van der Waals surface area contributed by atoms with Crippen molar-refractivity contribution in [3.63, 3.8) is 0 Å². The quantitative estimate of drug-likeness (QED) is 0.844. The first-order valence-electron chi connectivity index (χ1n) is 6.65. The Morgan fingerprint density at radius 3 is 2.60 bits per heavy atom. The van der Waals surface area contributed by atoms with Crippen LogP contribution < -0.4 is 4.90 Å². The van der Waals surface area contributed by atoms with Crippen LogP contribution in [0, 0.1) is 5.82 Å². The standard InChI is InChI=1S/C14H16FN5/c15-12-2-1-4-17-13(12)10-19-6-8-20(9-7-19)14-3-5-16-11-18-14/h1-5,11H,6-10H2. The van der Waals surface area contributed by atoms with E-state index < -0.39 is 0 Å². The predicted molar refractivity (Wildman–Crippen MR) is 73.7 cm³/mol. The highest BCUT2D eigenvalue weighted by atomic mass is 19.1. The molecule has 3 heterocycles. The van der Waals surface area contributed by atoms with Crippen molar-refractivity contribution in [2.75, 3.05) is 31.1 Å². The Kier molecular flexibility index (Phi) is 3.83. The van der Waals surface area contributed by atoms with E-state index in [0.717, 1.165) is 32.0 Å². The van der Waals surface area contributed by atoms with Gasteiger partial charge in [-0.2, -0.15) is 0 Å². The maximum atomic E-state index is 13.6. The lowest BCUT2D eigenvalue weighted by atomic mass is 10.2. The van der Waals surface area contributed by atoms with Crippen LogP contribution in [-0.4, -0.2) is 46.0 Å². The molecule has 0 atom stereocenters. The van der Waals surface area contributed by atoms with Crippen molar-refractivity contribution in [1.29, 1.82) is 0 Å². The average Bonchev–Trinajstić information content (AvgIpc) is 2.51. The van der Waals surface area contributed by atoms with Crippen LogP contribution in [-0.2, 0) is 6.54 Å². The highest BCUT2D eigenvalue weighted by Gasteiger charge is 2.19. The monoisotopic (exact) mass is 273 g/mol. The molecule has 0 aliphatic carbocycles. The summed E-state index contributed by atoms with van der Waals surface area (Å²) in [5, 5.41) is 0. The summed E-state index contributed by atoms with van der Waals surface area (Å²) in [6.07, 6.45) is 4.94. The van der Waals surface area contributed by atoms with Crippen molar-refractivity contribution in [3.8, 4) is 0 Å². The molecule has 20 heavy (non-hydrogen) atoms. The van der Waals surface area contributed by atoms with Gasteiger partial charge in [0.25, 0.3) is 0 Å². The van der Waals surface area contributed by atoms with Gasteiger partial charge in [-0.15, -0.1) is 0 Å². The Balaban J connectivity index is 1.58. The normalized spacial score (nSPS) is 16.4. The minimum atomic E-state index is -0.231. The van der Waals surface area contributed by atoms with E-state index in [4.69, 9.17) is 0 Å². The lowest BCUT2D eigenvalue weighted by Crippen LogP contribution is -2.46. The van der Waals surface area contributed by atoms with E-state index in [0.29, 0.717) is 12.2 Å². The van der Waals surface area contributed by atoms with E-state index in [1.807, 2.05) is 6.07 Å². The predicted octanol–water partition coefficient (Wildman–Crippen LogP) is 1.33. The topological polar surface area (TPSA) is 45.2 Å². The van der Waals surface area contributed by atoms with E-state index in [-0.39, 0.29) is 5.82 Å². The molecule has 0 N–H and O–H groups in total. The summed E-state index contributed by atoms with van der Waals surface area (Å²) < 4.78 is 13.6. The molecule has 0 bridgehead atoms. The second-order valence-corrected chi connectivity index (χ2v) is 4.76. The third-order valence-electron chi connectivity index (χ3n) is 3.47. The maximum absolute atomic E-state index is 13.6. The van der Waals surface area contributed by atoms with E-state index in [1.54, 1.807) is 24.8 Å². The summed E-state index contributed by atoms with van der Waals surface area (Å²) in [5.41, 5.74) is 0.517. The fourth-order valence-corrected chi connectivity index (χ4v) is 2.35. The van der Waals surface area contributed by atoms with Crippen LogP contribution in [0.25, 0.3) is 0 Å². The number of halogens is 1. The molecule has 3 rings (SSSR count). The second-order valence-electron chi connectivity index (χ2n) is 4.76. The molecule has 1 fully saturated rings. The molecule has 104 valence electrons. The lowest BCUT2D eigenvalue weighted by molar-refractivity contribution is 0.243. The van der Waals surface area contributed by atoms with Crippen LogP contribution in [0.2, 0.25) is 0 Å². The molecule has 0 unspecified atom stereocenters. The van der Waals surface area contributed by atoms with Gasteiger partial charge in [0.2, 0.25) is 0 Å². The summed E-state index contributed by atoms with van der Waals surface area (Å²) in [7, 11) is 0. The Morgan fingerprint density at radius 1 is 1.05 bits per heavy atom. The molecule has 0 radical (unpaired) electrons. The summed E-state index contributed by atoms with van der Waals surface area (Å²) in [6.45, 7) is 4.07. The van der Waals surface area contributed by atoms with Crippen LogP contribution in [0.5, 0.6) is 0 Å². The molecular weight excluding hydrogens is 257 g/mol. The van der Waals surface area contributed by atoms with E-state index in [2.05, 4.69) is 24.8 Å². The van der Waals surface area contributed by atoms with E-state index in [9.17, 15) is 4.39 Å². The Hall–Kier alpha value is -2.08. The summed E-state index contributed by atoms with van der Waals surface area (Å²) in [5.74, 6) is 0.717. The number of piperazine rings is 1. The second kappa shape index (κ2) is 5.92. The largest absolute Gasteiger partial charge is 0.354 e. The fraction of sp³-hybridized carbons (Fsp3) is 0.357. The highest BCUT2D eigenvalue weighted by Crippen LogP contribution is 2.14. The number of rotatable bonds is 3. The van der Waals surface area contributed by atoms with Gasteiger partial charge in [0.15, 0.2) is 0 Å². The molecule has 0 amide bonds. The van der Waals surface area contributed by atoms with Gasteiger partial charge < -0.3 is 4.90 Å². The smallest absolute Gasteiger partial charge is 0.146 e. The average molecular weight is 273 g/mol. The zero-order valence-electron chi connectivity index (χ0n) is 11.1. The van der Waals surface area contributed by atoms with Crippen LogP contribution in [0.4, 0.5) is 10.2 Å². The SMILES string of the molecule is Fc1cccnc1CN1CCN(c2ccncn2)CC1. The van der Waals surface area contributed by atoms with Crippen molar-refractivity contribution in [3.05, 3.63) is 48.4 Å². The molecule has 6 heteroatoms. The van der Waals surface area contributed by atoms with Crippen LogP contribution in [0.1, 0.15) is 5.69 Å². The van der Waals surface area contributed by atoms with Crippen molar-refractivity contribution >= 4 is 5.82 Å². The van der Waals surface area contributed by atoms with E-state index >= 15 is 0 Å². The number of anilines is 1. The molecular formula is C14H16FN5. The van der Waals surface area contributed by atoms with Crippen molar-refractivity contribution in [1.82, 2.24) is 19.9 Å². The minimum absolute atomic E-state index is 0.231. The van der Waals surface area contributed by atoms with Crippen LogP contribution >= 0.6 is 0 Å². The van der Waals surface area contributed by atoms with Gasteiger partial charge in [0, 0.05) is 45.1 Å². The molecule has 1 aliphatic heterocycles. The van der Waals surface area contributed by atoms with Crippen LogP contribution in [0.3, 0.4) is 0 Å². The number of aromatic nitrogens is 3. The first-order valence-corrected chi connectivity index (χ1v) is 6.65. The maximum Gasteiger partial charge on any atom is 0.146 e. The lowest BCUT2D eigenvalue weighted by Gasteiger charge is -2.35. The Morgan fingerprint density at radius 2 is 1.90 bits per heavy atom. The number of pyridine rings is 1. The zero-order valence-corrected chi connectivity index (χ0v) is 11.1. The summed E-state index contributed by atoms with van der Waals surface area (Å²) >= 11 is 0.